The second kappa shape index (κ2) is 6.38. The molecule has 1 aliphatic rings. The van der Waals surface area contributed by atoms with Gasteiger partial charge in [0.25, 0.3) is 5.69 Å². The number of rotatable bonds is 5. The Morgan fingerprint density at radius 2 is 2.00 bits per heavy atom. The normalized spacial score (nSPS) is 13.0. The molecule has 0 bridgehead atoms. The standard InChI is InChI=1S/C13H13N3O7/c1-23-11(18)5-3-8-9(15(19)20)6-7-2-4-10(17)14-12(7)13(8)16(21)22/h6H,2-5H2,1H3,(H,14,17). The van der Waals surface area contributed by atoms with Crippen molar-refractivity contribution in [2.45, 2.75) is 25.7 Å². The Morgan fingerprint density at radius 1 is 1.30 bits per heavy atom. The number of nitro groups is 2. The van der Waals surface area contributed by atoms with Crippen LogP contribution >= 0.6 is 0 Å². The fourth-order valence-electron chi connectivity index (χ4n) is 2.48. The quantitative estimate of drug-likeness (QED) is 0.491. The molecule has 10 heteroatoms. The van der Waals surface area contributed by atoms with Crippen LogP contribution in [-0.2, 0) is 27.2 Å². The van der Waals surface area contributed by atoms with E-state index in [1.54, 1.807) is 0 Å². The van der Waals surface area contributed by atoms with Crippen molar-refractivity contribution in [3.05, 3.63) is 37.4 Å². The largest absolute Gasteiger partial charge is 0.469 e. The fourth-order valence-corrected chi connectivity index (χ4v) is 2.48. The third-order valence-corrected chi connectivity index (χ3v) is 3.54. The van der Waals surface area contributed by atoms with Crippen LogP contribution in [0.15, 0.2) is 6.07 Å². The van der Waals surface area contributed by atoms with Crippen molar-refractivity contribution < 1.29 is 24.2 Å². The average Bonchev–Trinajstić information content (AvgIpc) is 2.50. The van der Waals surface area contributed by atoms with Gasteiger partial charge in [-0.25, -0.2) is 0 Å². The van der Waals surface area contributed by atoms with Gasteiger partial charge in [0.15, 0.2) is 0 Å². The van der Waals surface area contributed by atoms with E-state index < -0.39 is 33.1 Å². The van der Waals surface area contributed by atoms with Crippen LogP contribution in [0.25, 0.3) is 0 Å². The number of nitrogens with one attached hydrogen (secondary N) is 1. The van der Waals surface area contributed by atoms with E-state index in [1.165, 1.54) is 6.07 Å². The first kappa shape index (κ1) is 16.3. The van der Waals surface area contributed by atoms with Gasteiger partial charge in [0.05, 0.1) is 23.4 Å². The van der Waals surface area contributed by atoms with Crippen molar-refractivity contribution in [2.24, 2.45) is 0 Å². The van der Waals surface area contributed by atoms with Gasteiger partial charge < -0.3 is 10.1 Å². The minimum absolute atomic E-state index is 0.0308. The average molecular weight is 323 g/mol. The zero-order valence-corrected chi connectivity index (χ0v) is 12.2. The number of hydrogen-bond donors (Lipinski definition) is 1. The number of methoxy groups -OCH3 is 1. The van der Waals surface area contributed by atoms with E-state index in [0.717, 1.165) is 7.11 Å². The highest BCUT2D eigenvalue weighted by Crippen LogP contribution is 2.41. The summed E-state index contributed by atoms with van der Waals surface area (Å²) < 4.78 is 4.45. The summed E-state index contributed by atoms with van der Waals surface area (Å²) in [6.07, 6.45) is -0.198. The number of esters is 1. The molecule has 0 saturated heterocycles. The monoisotopic (exact) mass is 323 g/mol. The zero-order valence-electron chi connectivity index (χ0n) is 12.2. The second-order valence-corrected chi connectivity index (χ2v) is 4.90. The maximum absolute atomic E-state index is 11.5. The fraction of sp³-hybridized carbons (Fsp3) is 0.385. The number of benzene rings is 1. The molecule has 0 unspecified atom stereocenters. The SMILES string of the molecule is COC(=O)CCc1c([N+](=O)[O-])cc2c(c1[N+](=O)[O-])NC(=O)CC2. The van der Waals surface area contributed by atoms with Gasteiger partial charge in [0.1, 0.15) is 11.3 Å². The Balaban J connectivity index is 2.62. The number of anilines is 1. The van der Waals surface area contributed by atoms with Crippen LogP contribution in [0.1, 0.15) is 24.0 Å². The van der Waals surface area contributed by atoms with Gasteiger partial charge >= 0.3 is 11.7 Å². The molecular formula is C13H13N3O7. The topological polar surface area (TPSA) is 142 Å². The Bertz CT molecular complexity index is 714. The van der Waals surface area contributed by atoms with E-state index in [0.29, 0.717) is 5.56 Å². The van der Waals surface area contributed by atoms with Crippen LogP contribution in [0.4, 0.5) is 17.1 Å². The van der Waals surface area contributed by atoms with E-state index in [2.05, 4.69) is 10.1 Å². The molecule has 122 valence electrons. The number of hydrogen-bond acceptors (Lipinski definition) is 7. The summed E-state index contributed by atoms with van der Waals surface area (Å²) in [6, 6.07) is 1.22. The maximum Gasteiger partial charge on any atom is 0.305 e. The molecule has 1 heterocycles. The van der Waals surface area contributed by atoms with Crippen LogP contribution in [0.2, 0.25) is 0 Å². The minimum Gasteiger partial charge on any atom is -0.469 e. The van der Waals surface area contributed by atoms with Gasteiger partial charge in [0.2, 0.25) is 5.91 Å². The molecule has 1 aliphatic heterocycles. The molecule has 0 spiro atoms. The molecule has 1 amide bonds. The number of aryl methyl sites for hydroxylation is 1. The first-order chi connectivity index (χ1) is 10.8. The molecule has 1 aromatic rings. The van der Waals surface area contributed by atoms with Crippen LogP contribution in [-0.4, -0.2) is 28.8 Å². The second-order valence-electron chi connectivity index (χ2n) is 4.90. The van der Waals surface area contributed by atoms with Gasteiger partial charge in [0, 0.05) is 12.5 Å². The lowest BCUT2D eigenvalue weighted by atomic mass is 9.95. The zero-order chi connectivity index (χ0) is 17.1. The van der Waals surface area contributed by atoms with E-state index in [1.807, 2.05) is 0 Å². The Morgan fingerprint density at radius 3 is 2.57 bits per heavy atom. The molecule has 1 aromatic carbocycles. The molecule has 0 aliphatic carbocycles. The third-order valence-electron chi connectivity index (χ3n) is 3.54. The number of ether oxygens (including phenoxy) is 1. The molecule has 0 atom stereocenters. The molecule has 0 radical (unpaired) electrons. The molecule has 0 fully saturated rings. The Kier molecular flexibility index (Phi) is 4.53. The number of carbonyl (C=O) groups excluding carboxylic acids is 2. The van der Waals surface area contributed by atoms with Crippen LogP contribution < -0.4 is 5.32 Å². The minimum atomic E-state index is -0.774. The number of amides is 1. The van der Waals surface area contributed by atoms with E-state index in [4.69, 9.17) is 0 Å². The smallest absolute Gasteiger partial charge is 0.305 e. The number of carbonyl (C=O) groups is 2. The van der Waals surface area contributed by atoms with Crippen molar-refractivity contribution >= 4 is 28.9 Å². The number of fused-ring (bicyclic) bond motifs is 1. The highest BCUT2D eigenvalue weighted by molar-refractivity contribution is 5.97. The molecule has 23 heavy (non-hydrogen) atoms. The molecule has 1 N–H and O–H groups in total. The number of nitrogens with zero attached hydrogens (tertiary/aromatic N) is 2. The van der Waals surface area contributed by atoms with Crippen molar-refractivity contribution in [2.75, 3.05) is 12.4 Å². The van der Waals surface area contributed by atoms with Gasteiger partial charge in [-0.05, 0) is 18.4 Å². The van der Waals surface area contributed by atoms with E-state index in [-0.39, 0.29) is 36.9 Å². The third kappa shape index (κ3) is 3.25. The van der Waals surface area contributed by atoms with Crippen molar-refractivity contribution in [1.29, 1.82) is 0 Å². The van der Waals surface area contributed by atoms with Crippen molar-refractivity contribution in [3.63, 3.8) is 0 Å². The summed E-state index contributed by atoms with van der Waals surface area (Å²) >= 11 is 0. The Hall–Kier alpha value is -3.04. The van der Waals surface area contributed by atoms with Crippen LogP contribution in [0, 0.1) is 20.2 Å². The molecule has 2 rings (SSSR count). The number of nitro benzene ring substituents is 2. The summed E-state index contributed by atoms with van der Waals surface area (Å²) in [6.45, 7) is 0. The highest BCUT2D eigenvalue weighted by atomic mass is 16.6. The first-order valence-electron chi connectivity index (χ1n) is 6.69. The van der Waals surface area contributed by atoms with Gasteiger partial charge in [-0.3, -0.25) is 29.8 Å². The molecular weight excluding hydrogens is 310 g/mol. The maximum atomic E-state index is 11.5. The summed E-state index contributed by atoms with van der Waals surface area (Å²) in [5.41, 5.74) is -0.866. The lowest BCUT2D eigenvalue weighted by molar-refractivity contribution is -0.395. The van der Waals surface area contributed by atoms with Gasteiger partial charge in [-0.2, -0.15) is 0 Å². The first-order valence-corrected chi connectivity index (χ1v) is 6.69. The lowest BCUT2D eigenvalue weighted by Gasteiger charge is -2.18. The van der Waals surface area contributed by atoms with Crippen LogP contribution in [0.3, 0.4) is 0 Å². The summed E-state index contributed by atoms with van der Waals surface area (Å²) in [4.78, 5) is 43.9. The van der Waals surface area contributed by atoms with E-state index >= 15 is 0 Å². The van der Waals surface area contributed by atoms with Crippen molar-refractivity contribution in [1.82, 2.24) is 0 Å². The van der Waals surface area contributed by atoms with E-state index in [9.17, 15) is 29.8 Å². The van der Waals surface area contributed by atoms with Gasteiger partial charge in [-0.15, -0.1) is 0 Å². The summed E-state index contributed by atoms with van der Waals surface area (Å²) in [7, 11) is 1.15. The van der Waals surface area contributed by atoms with Crippen molar-refractivity contribution in [3.8, 4) is 0 Å². The summed E-state index contributed by atoms with van der Waals surface area (Å²) in [5.74, 6) is -1.04. The lowest BCUT2D eigenvalue weighted by Crippen LogP contribution is -2.21. The Labute approximate surface area is 129 Å². The molecule has 10 nitrogen and oxygen atoms in total. The predicted octanol–water partition coefficient (Wildman–Crippen LogP) is 1.49. The summed E-state index contributed by atoms with van der Waals surface area (Å²) in [5, 5.41) is 25.0. The highest BCUT2D eigenvalue weighted by Gasteiger charge is 2.34. The van der Waals surface area contributed by atoms with Gasteiger partial charge in [-0.1, -0.05) is 0 Å². The molecule has 0 saturated carbocycles. The predicted molar refractivity (Wildman–Crippen MR) is 77.0 cm³/mol. The van der Waals surface area contributed by atoms with Crippen LogP contribution in [0.5, 0.6) is 0 Å². The molecule has 0 aromatic heterocycles.